The molecule has 0 spiro atoms. The zero-order chi connectivity index (χ0) is 9.64. The number of nitrogens with zero attached hydrogens (tertiary/aromatic N) is 1. The van der Waals surface area contributed by atoms with Gasteiger partial charge in [0.15, 0.2) is 0 Å². The summed E-state index contributed by atoms with van der Waals surface area (Å²) < 4.78 is 1.54. The Morgan fingerprint density at radius 1 is 1.07 bits per heavy atom. The minimum absolute atomic E-state index is 0.684. The van der Waals surface area contributed by atoms with Gasteiger partial charge < -0.3 is 0 Å². The molecule has 0 bridgehead atoms. The molecule has 0 saturated carbocycles. The van der Waals surface area contributed by atoms with Crippen LogP contribution in [0.25, 0.3) is 0 Å². The zero-order valence-corrected chi connectivity index (χ0v) is 10.2. The van der Waals surface area contributed by atoms with Crippen LogP contribution in [0.1, 0.15) is 12.8 Å². The summed E-state index contributed by atoms with van der Waals surface area (Å²) in [6.07, 6.45) is 2.83. The van der Waals surface area contributed by atoms with Crippen molar-refractivity contribution < 1.29 is 0 Å². The Morgan fingerprint density at radius 3 is 2.50 bits per heavy atom. The first-order chi connectivity index (χ1) is 6.95. The van der Waals surface area contributed by atoms with E-state index in [2.05, 4.69) is 35.2 Å². The molecule has 2 heteroatoms. The second-order valence-electron chi connectivity index (χ2n) is 3.71. The fourth-order valence-electron chi connectivity index (χ4n) is 1.82. The summed E-state index contributed by atoms with van der Waals surface area (Å²) in [5, 5.41) is 1.37. The predicted octanol–water partition coefficient (Wildman–Crippen LogP) is 1.53. The van der Waals surface area contributed by atoms with Gasteiger partial charge in [-0.25, -0.2) is 0 Å². The SMILES string of the molecule is c1ccc([Se]CCN2CCCC2)cc1. The molecule has 1 aliphatic rings. The van der Waals surface area contributed by atoms with E-state index in [9.17, 15) is 0 Å². The van der Waals surface area contributed by atoms with E-state index in [0.717, 1.165) is 0 Å². The normalized spacial score (nSPS) is 17.4. The first-order valence-corrected chi connectivity index (χ1v) is 7.42. The van der Waals surface area contributed by atoms with Gasteiger partial charge in [0.25, 0.3) is 0 Å². The summed E-state index contributed by atoms with van der Waals surface area (Å²) in [6, 6.07) is 10.9. The van der Waals surface area contributed by atoms with Gasteiger partial charge in [-0.3, -0.25) is 0 Å². The van der Waals surface area contributed by atoms with E-state index in [4.69, 9.17) is 0 Å². The third-order valence-corrected chi connectivity index (χ3v) is 4.70. The van der Waals surface area contributed by atoms with Crippen molar-refractivity contribution in [1.82, 2.24) is 4.90 Å². The van der Waals surface area contributed by atoms with E-state index < -0.39 is 0 Å². The van der Waals surface area contributed by atoms with Crippen molar-refractivity contribution in [1.29, 1.82) is 0 Å². The zero-order valence-electron chi connectivity index (χ0n) is 8.48. The molecule has 0 N–H and O–H groups in total. The van der Waals surface area contributed by atoms with Crippen LogP contribution in [0.3, 0.4) is 0 Å². The van der Waals surface area contributed by atoms with Gasteiger partial charge in [-0.15, -0.1) is 0 Å². The van der Waals surface area contributed by atoms with E-state index in [1.165, 1.54) is 37.8 Å². The Bertz CT molecular complexity index is 254. The van der Waals surface area contributed by atoms with E-state index >= 15 is 0 Å². The molecule has 76 valence electrons. The van der Waals surface area contributed by atoms with Crippen LogP contribution in [0.4, 0.5) is 0 Å². The Morgan fingerprint density at radius 2 is 1.79 bits per heavy atom. The molecule has 1 heterocycles. The topological polar surface area (TPSA) is 3.24 Å². The maximum absolute atomic E-state index is 2.60. The molecule has 1 saturated heterocycles. The predicted molar refractivity (Wildman–Crippen MR) is 62.3 cm³/mol. The monoisotopic (exact) mass is 255 g/mol. The van der Waals surface area contributed by atoms with Crippen LogP contribution in [0.15, 0.2) is 30.3 Å². The number of benzene rings is 1. The molecule has 1 nitrogen and oxygen atoms in total. The van der Waals surface area contributed by atoms with Gasteiger partial charge in [0.05, 0.1) is 0 Å². The average molecular weight is 254 g/mol. The molecule has 2 rings (SSSR count). The van der Waals surface area contributed by atoms with Crippen molar-refractivity contribution in [2.75, 3.05) is 19.6 Å². The molecule has 1 aromatic carbocycles. The minimum atomic E-state index is 0.684. The first-order valence-electron chi connectivity index (χ1n) is 5.35. The van der Waals surface area contributed by atoms with Gasteiger partial charge in [0, 0.05) is 0 Å². The van der Waals surface area contributed by atoms with Crippen molar-refractivity contribution in [3.05, 3.63) is 30.3 Å². The van der Waals surface area contributed by atoms with Gasteiger partial charge in [-0.05, 0) is 0 Å². The van der Waals surface area contributed by atoms with Gasteiger partial charge >= 0.3 is 92.4 Å². The molecule has 0 aliphatic carbocycles. The molecule has 0 unspecified atom stereocenters. The average Bonchev–Trinajstić information content (AvgIpc) is 2.72. The van der Waals surface area contributed by atoms with E-state index in [1.54, 1.807) is 4.46 Å². The van der Waals surface area contributed by atoms with E-state index in [0.29, 0.717) is 15.0 Å². The summed E-state index contributed by atoms with van der Waals surface area (Å²) in [7, 11) is 0. The van der Waals surface area contributed by atoms with Crippen molar-refractivity contribution in [3.63, 3.8) is 0 Å². The van der Waals surface area contributed by atoms with Crippen LogP contribution in [-0.4, -0.2) is 39.5 Å². The second kappa shape index (κ2) is 5.55. The number of likely N-dealkylation sites (tertiary alicyclic amines) is 1. The maximum atomic E-state index is 2.60. The fourth-order valence-corrected chi connectivity index (χ4v) is 3.78. The fraction of sp³-hybridized carbons (Fsp3) is 0.500. The number of hydrogen-bond acceptors (Lipinski definition) is 1. The Hall–Kier alpha value is -0.301. The standard InChI is InChI=1S/C12H17NSe/c1-2-6-12(7-3-1)14-11-10-13-8-4-5-9-13/h1-3,6-7H,4-5,8-11H2. The molecule has 0 atom stereocenters. The van der Waals surface area contributed by atoms with Crippen LogP contribution in [0.5, 0.6) is 0 Å². The van der Waals surface area contributed by atoms with Crippen LogP contribution < -0.4 is 4.46 Å². The van der Waals surface area contributed by atoms with Crippen molar-refractivity contribution in [3.8, 4) is 0 Å². The summed E-state index contributed by atoms with van der Waals surface area (Å²) in [4.78, 5) is 2.60. The number of rotatable bonds is 4. The van der Waals surface area contributed by atoms with Crippen LogP contribution in [-0.2, 0) is 0 Å². The Balaban J connectivity index is 1.67. The van der Waals surface area contributed by atoms with Crippen molar-refractivity contribution >= 4 is 19.4 Å². The molecule has 1 aliphatic heterocycles. The molecule has 1 fully saturated rings. The summed E-state index contributed by atoms with van der Waals surface area (Å²) in [5.41, 5.74) is 0. The molecule has 1 aromatic rings. The van der Waals surface area contributed by atoms with Crippen LogP contribution >= 0.6 is 0 Å². The quantitative estimate of drug-likeness (QED) is 0.737. The van der Waals surface area contributed by atoms with Crippen LogP contribution in [0.2, 0.25) is 5.32 Å². The molecule has 14 heavy (non-hydrogen) atoms. The first kappa shape index (κ1) is 10.2. The van der Waals surface area contributed by atoms with E-state index in [1.807, 2.05) is 0 Å². The summed E-state index contributed by atoms with van der Waals surface area (Å²) in [5.74, 6) is 0. The molecular weight excluding hydrogens is 237 g/mol. The third-order valence-electron chi connectivity index (χ3n) is 2.62. The third kappa shape index (κ3) is 3.13. The Kier molecular flexibility index (Phi) is 4.05. The van der Waals surface area contributed by atoms with Gasteiger partial charge in [-0.2, -0.15) is 0 Å². The summed E-state index contributed by atoms with van der Waals surface area (Å²) in [6.45, 7) is 3.99. The van der Waals surface area contributed by atoms with Crippen molar-refractivity contribution in [2.24, 2.45) is 0 Å². The molecule has 0 radical (unpaired) electrons. The molecule has 0 aromatic heterocycles. The van der Waals surface area contributed by atoms with Gasteiger partial charge in [0.2, 0.25) is 0 Å². The summed E-state index contributed by atoms with van der Waals surface area (Å²) >= 11 is 0.684. The molecule has 0 amide bonds. The van der Waals surface area contributed by atoms with E-state index in [-0.39, 0.29) is 0 Å². The van der Waals surface area contributed by atoms with Crippen molar-refractivity contribution in [2.45, 2.75) is 18.2 Å². The van der Waals surface area contributed by atoms with Gasteiger partial charge in [-0.1, -0.05) is 0 Å². The Labute approximate surface area is 92.7 Å². The second-order valence-corrected chi connectivity index (χ2v) is 6.16. The number of hydrogen-bond donors (Lipinski definition) is 0. The van der Waals surface area contributed by atoms with Crippen LogP contribution in [0, 0.1) is 0 Å². The molecular formula is C12H17NSe. The van der Waals surface area contributed by atoms with Gasteiger partial charge in [0.1, 0.15) is 0 Å².